The molecule has 0 aromatic heterocycles. The maximum absolute atomic E-state index is 4.36. The molecule has 2 heteroatoms. The fourth-order valence-corrected chi connectivity index (χ4v) is 1.69. The SMILES string of the molecule is CN(CC1CC1)CC(C)(C)CS. The van der Waals surface area contributed by atoms with Gasteiger partial charge in [-0.2, -0.15) is 12.6 Å². The van der Waals surface area contributed by atoms with Gasteiger partial charge in [-0.05, 0) is 37.0 Å². The molecule has 0 aromatic rings. The van der Waals surface area contributed by atoms with Gasteiger partial charge in [-0.15, -0.1) is 0 Å². The molecule has 0 saturated heterocycles. The van der Waals surface area contributed by atoms with Crippen LogP contribution in [0.4, 0.5) is 0 Å². The first kappa shape index (κ1) is 10.4. The predicted octanol–water partition coefficient (Wildman–Crippen LogP) is 2.28. The highest BCUT2D eigenvalue weighted by atomic mass is 32.1. The normalized spacial score (nSPS) is 18.8. The van der Waals surface area contributed by atoms with Gasteiger partial charge in [-0.1, -0.05) is 13.8 Å². The lowest BCUT2D eigenvalue weighted by molar-refractivity contribution is 0.224. The van der Waals surface area contributed by atoms with Gasteiger partial charge in [0.2, 0.25) is 0 Å². The summed E-state index contributed by atoms with van der Waals surface area (Å²) >= 11 is 4.36. The van der Waals surface area contributed by atoms with Crippen molar-refractivity contribution in [1.29, 1.82) is 0 Å². The van der Waals surface area contributed by atoms with E-state index in [0.29, 0.717) is 5.41 Å². The minimum Gasteiger partial charge on any atom is -0.306 e. The zero-order valence-corrected chi connectivity index (χ0v) is 9.40. The van der Waals surface area contributed by atoms with Gasteiger partial charge >= 0.3 is 0 Å². The standard InChI is InChI=1S/C10H21NS/c1-10(2,8-12)7-11(3)6-9-4-5-9/h9,12H,4-8H2,1-3H3. The lowest BCUT2D eigenvalue weighted by Gasteiger charge is -2.28. The van der Waals surface area contributed by atoms with E-state index in [0.717, 1.165) is 11.7 Å². The molecule has 72 valence electrons. The van der Waals surface area contributed by atoms with Gasteiger partial charge in [0, 0.05) is 13.1 Å². The van der Waals surface area contributed by atoms with Crippen molar-refractivity contribution in [3.63, 3.8) is 0 Å². The summed E-state index contributed by atoms with van der Waals surface area (Å²) in [6.45, 7) is 7.02. The zero-order chi connectivity index (χ0) is 9.19. The topological polar surface area (TPSA) is 3.24 Å². The minimum absolute atomic E-state index is 0.368. The average molecular weight is 187 g/mol. The number of nitrogens with zero attached hydrogens (tertiary/aromatic N) is 1. The van der Waals surface area contributed by atoms with E-state index in [1.807, 2.05) is 0 Å². The Kier molecular flexibility index (Phi) is 3.47. The molecule has 0 atom stereocenters. The molecule has 12 heavy (non-hydrogen) atoms. The molecule has 0 N–H and O–H groups in total. The summed E-state index contributed by atoms with van der Waals surface area (Å²) in [5.74, 6) is 1.98. The van der Waals surface area contributed by atoms with Crippen molar-refractivity contribution in [1.82, 2.24) is 4.90 Å². The van der Waals surface area contributed by atoms with Crippen molar-refractivity contribution in [3.05, 3.63) is 0 Å². The lowest BCUT2D eigenvalue weighted by Crippen LogP contribution is -2.33. The maximum atomic E-state index is 4.36. The van der Waals surface area contributed by atoms with Crippen LogP contribution in [0.3, 0.4) is 0 Å². The first-order valence-corrected chi connectivity index (χ1v) is 5.46. The highest BCUT2D eigenvalue weighted by molar-refractivity contribution is 7.80. The second-order valence-corrected chi connectivity index (χ2v) is 5.28. The van der Waals surface area contributed by atoms with Crippen LogP contribution in [0, 0.1) is 11.3 Å². The molecule has 1 aliphatic rings. The predicted molar refractivity (Wildman–Crippen MR) is 57.9 cm³/mol. The van der Waals surface area contributed by atoms with Crippen molar-refractivity contribution in [2.24, 2.45) is 11.3 Å². The molecule has 1 nitrogen and oxygen atoms in total. The quantitative estimate of drug-likeness (QED) is 0.646. The van der Waals surface area contributed by atoms with Crippen molar-refractivity contribution >= 4 is 12.6 Å². The van der Waals surface area contributed by atoms with Crippen molar-refractivity contribution in [2.45, 2.75) is 26.7 Å². The van der Waals surface area contributed by atoms with Crippen LogP contribution in [-0.4, -0.2) is 30.8 Å². The Balaban J connectivity index is 2.18. The largest absolute Gasteiger partial charge is 0.306 e. The number of thiol groups is 1. The number of rotatable bonds is 5. The molecular weight excluding hydrogens is 166 g/mol. The molecule has 1 rings (SSSR count). The lowest BCUT2D eigenvalue weighted by atomic mass is 9.96. The van der Waals surface area contributed by atoms with Crippen molar-refractivity contribution in [3.8, 4) is 0 Å². The van der Waals surface area contributed by atoms with E-state index in [2.05, 4.69) is 38.4 Å². The van der Waals surface area contributed by atoms with Gasteiger partial charge in [0.05, 0.1) is 0 Å². The summed E-state index contributed by atoms with van der Waals surface area (Å²) in [7, 11) is 2.23. The molecule has 1 saturated carbocycles. The Morgan fingerprint density at radius 3 is 2.42 bits per heavy atom. The third-order valence-corrected chi connectivity index (χ3v) is 3.25. The summed E-state index contributed by atoms with van der Waals surface area (Å²) < 4.78 is 0. The Labute approximate surface area is 81.9 Å². The van der Waals surface area contributed by atoms with Crippen molar-refractivity contribution in [2.75, 3.05) is 25.9 Å². The Hall–Kier alpha value is 0.310. The monoisotopic (exact) mass is 187 g/mol. The molecule has 0 heterocycles. The summed E-state index contributed by atoms with van der Waals surface area (Å²) in [6.07, 6.45) is 2.90. The van der Waals surface area contributed by atoms with E-state index < -0.39 is 0 Å². The second-order valence-electron chi connectivity index (χ2n) is 4.96. The van der Waals surface area contributed by atoms with E-state index in [9.17, 15) is 0 Å². The van der Waals surface area contributed by atoms with E-state index in [-0.39, 0.29) is 0 Å². The van der Waals surface area contributed by atoms with E-state index in [4.69, 9.17) is 0 Å². The van der Waals surface area contributed by atoms with Gasteiger partial charge in [0.15, 0.2) is 0 Å². The number of hydrogen-bond acceptors (Lipinski definition) is 2. The summed E-state index contributed by atoms with van der Waals surface area (Å²) in [5.41, 5.74) is 0.368. The van der Waals surface area contributed by atoms with Crippen LogP contribution in [-0.2, 0) is 0 Å². The molecule has 0 aromatic carbocycles. The number of hydrogen-bond donors (Lipinski definition) is 1. The highest BCUT2D eigenvalue weighted by Crippen LogP contribution is 2.30. The third-order valence-electron chi connectivity index (χ3n) is 2.39. The smallest absolute Gasteiger partial charge is 0.00376 e. The van der Waals surface area contributed by atoms with E-state index in [1.54, 1.807) is 0 Å². The van der Waals surface area contributed by atoms with Gasteiger partial charge in [-0.25, -0.2) is 0 Å². The summed E-state index contributed by atoms with van der Waals surface area (Å²) in [4.78, 5) is 2.45. The molecule has 0 amide bonds. The Bertz CT molecular complexity index is 141. The highest BCUT2D eigenvalue weighted by Gasteiger charge is 2.25. The Morgan fingerprint density at radius 2 is 2.00 bits per heavy atom. The van der Waals surface area contributed by atoms with Crippen LogP contribution in [0.2, 0.25) is 0 Å². The molecule has 0 spiro atoms. The van der Waals surface area contributed by atoms with Gasteiger partial charge in [0.1, 0.15) is 0 Å². The van der Waals surface area contributed by atoms with Gasteiger partial charge in [0.25, 0.3) is 0 Å². The molecule has 1 fully saturated rings. The molecule has 0 aliphatic heterocycles. The first-order chi connectivity index (χ1) is 5.53. The van der Waals surface area contributed by atoms with Gasteiger partial charge < -0.3 is 4.90 Å². The van der Waals surface area contributed by atoms with Gasteiger partial charge in [-0.3, -0.25) is 0 Å². The molecule has 0 radical (unpaired) electrons. The minimum atomic E-state index is 0.368. The molecule has 0 unspecified atom stereocenters. The average Bonchev–Trinajstić information content (AvgIpc) is 2.70. The third kappa shape index (κ3) is 3.81. The first-order valence-electron chi connectivity index (χ1n) is 4.83. The fourth-order valence-electron chi connectivity index (χ4n) is 1.59. The Morgan fingerprint density at radius 1 is 1.42 bits per heavy atom. The van der Waals surface area contributed by atoms with Crippen LogP contribution in [0.25, 0.3) is 0 Å². The van der Waals surface area contributed by atoms with Crippen LogP contribution in [0.5, 0.6) is 0 Å². The summed E-state index contributed by atoms with van der Waals surface area (Å²) in [5, 5.41) is 0. The van der Waals surface area contributed by atoms with Crippen LogP contribution < -0.4 is 0 Å². The summed E-state index contributed by atoms with van der Waals surface area (Å²) in [6, 6.07) is 0. The second kappa shape index (κ2) is 4.01. The van der Waals surface area contributed by atoms with Crippen LogP contribution >= 0.6 is 12.6 Å². The van der Waals surface area contributed by atoms with Crippen LogP contribution in [0.15, 0.2) is 0 Å². The van der Waals surface area contributed by atoms with Crippen molar-refractivity contribution < 1.29 is 0 Å². The zero-order valence-electron chi connectivity index (χ0n) is 8.51. The molecule has 1 aliphatic carbocycles. The maximum Gasteiger partial charge on any atom is 0.00376 e. The molecular formula is C10H21NS. The van der Waals surface area contributed by atoms with E-state index >= 15 is 0 Å². The van der Waals surface area contributed by atoms with Crippen LogP contribution in [0.1, 0.15) is 26.7 Å². The fraction of sp³-hybridized carbons (Fsp3) is 1.00. The molecule has 0 bridgehead atoms. The van der Waals surface area contributed by atoms with E-state index in [1.165, 1.54) is 25.9 Å².